The summed E-state index contributed by atoms with van der Waals surface area (Å²) in [6, 6.07) is 0.992. The van der Waals surface area contributed by atoms with Gasteiger partial charge in [-0.25, -0.2) is 23.7 Å². The molecule has 0 radical (unpaired) electrons. The number of likely N-dealkylation sites (tertiary alicyclic amines) is 1. The maximum Gasteiger partial charge on any atom is 0.434 e. The first-order valence-electron chi connectivity index (χ1n) is 10.8. The summed E-state index contributed by atoms with van der Waals surface area (Å²) in [6.45, 7) is 0.821. The number of aryl methyl sites for hydroxylation is 2. The highest BCUT2D eigenvalue weighted by molar-refractivity contribution is 5.98. The second kappa shape index (κ2) is 9.27. The molecule has 0 unspecified atom stereocenters. The van der Waals surface area contributed by atoms with Crippen LogP contribution in [-0.4, -0.2) is 59.0 Å². The van der Waals surface area contributed by atoms with Crippen molar-refractivity contribution in [3.8, 4) is 11.4 Å². The minimum atomic E-state index is -4.61. The minimum Gasteiger partial charge on any atom is -0.328 e. The predicted molar refractivity (Wildman–Crippen MR) is 113 cm³/mol. The van der Waals surface area contributed by atoms with E-state index in [1.54, 1.807) is 26.2 Å². The minimum absolute atomic E-state index is 0.0529. The Morgan fingerprint density at radius 3 is 2.49 bits per heavy atom. The third kappa shape index (κ3) is 5.43. The lowest BCUT2D eigenvalue weighted by Gasteiger charge is -2.43. The smallest absolute Gasteiger partial charge is 0.328 e. The van der Waals surface area contributed by atoms with Crippen molar-refractivity contribution in [2.75, 3.05) is 6.54 Å². The van der Waals surface area contributed by atoms with Crippen molar-refractivity contribution in [2.24, 2.45) is 13.0 Å². The fraction of sp³-hybridized carbons (Fsp3) is 0.455. The van der Waals surface area contributed by atoms with Crippen LogP contribution in [0.5, 0.6) is 0 Å². The molecule has 0 aliphatic carbocycles. The van der Waals surface area contributed by atoms with Gasteiger partial charge in [0.2, 0.25) is 0 Å². The average molecular weight is 495 g/mol. The molecule has 13 heteroatoms. The van der Waals surface area contributed by atoms with Crippen LogP contribution < -0.4 is 0 Å². The zero-order valence-electron chi connectivity index (χ0n) is 18.9. The SMILES string of the molecule is C[C@@H]1CC(F)(F)CN(C(=O)c2nn(C)cc2-c2ncccn2)[C@@H]1CCc1cnc(C(F)(F)F)cn1. The van der Waals surface area contributed by atoms with Crippen LogP contribution in [0.3, 0.4) is 0 Å². The molecular formula is C22H22F5N7O. The Balaban J connectivity index is 1.60. The first-order chi connectivity index (χ1) is 16.4. The number of nitrogens with zero attached hydrogens (tertiary/aromatic N) is 7. The summed E-state index contributed by atoms with van der Waals surface area (Å²) in [6.07, 6.45) is 1.53. The second-order valence-corrected chi connectivity index (χ2v) is 8.60. The molecule has 4 heterocycles. The number of hydrogen-bond acceptors (Lipinski definition) is 6. The first-order valence-corrected chi connectivity index (χ1v) is 10.8. The van der Waals surface area contributed by atoms with Gasteiger partial charge in [-0.3, -0.25) is 14.5 Å². The van der Waals surface area contributed by atoms with Crippen LogP contribution in [0.2, 0.25) is 0 Å². The Kier molecular flexibility index (Phi) is 6.52. The van der Waals surface area contributed by atoms with Gasteiger partial charge in [0.25, 0.3) is 11.8 Å². The third-order valence-corrected chi connectivity index (χ3v) is 5.87. The van der Waals surface area contributed by atoms with E-state index in [4.69, 9.17) is 0 Å². The zero-order chi connectivity index (χ0) is 25.4. The Hall–Kier alpha value is -3.51. The van der Waals surface area contributed by atoms with Crippen LogP contribution in [0.25, 0.3) is 11.4 Å². The average Bonchev–Trinajstić information content (AvgIpc) is 3.19. The molecule has 0 spiro atoms. The third-order valence-electron chi connectivity index (χ3n) is 5.87. The summed E-state index contributed by atoms with van der Waals surface area (Å²) in [5.41, 5.74) is -0.587. The van der Waals surface area contributed by atoms with Gasteiger partial charge in [-0.05, 0) is 24.8 Å². The van der Waals surface area contributed by atoms with Crippen molar-refractivity contribution in [1.29, 1.82) is 0 Å². The fourth-order valence-electron chi connectivity index (χ4n) is 4.32. The summed E-state index contributed by atoms with van der Waals surface area (Å²) in [7, 11) is 1.59. The number of halogens is 5. The molecule has 1 aliphatic rings. The molecular weight excluding hydrogens is 473 g/mol. The number of hydrogen-bond donors (Lipinski definition) is 0. The number of alkyl halides is 5. The quantitative estimate of drug-likeness (QED) is 0.501. The zero-order valence-corrected chi connectivity index (χ0v) is 18.9. The molecule has 1 amide bonds. The Bertz CT molecular complexity index is 1180. The summed E-state index contributed by atoms with van der Waals surface area (Å²) in [5.74, 6) is -4.14. The lowest BCUT2D eigenvalue weighted by atomic mass is 9.85. The number of carbonyl (C=O) groups is 1. The molecule has 1 saturated heterocycles. The van der Waals surface area contributed by atoms with E-state index in [9.17, 15) is 26.7 Å². The van der Waals surface area contributed by atoms with Gasteiger partial charge in [0.05, 0.1) is 24.0 Å². The van der Waals surface area contributed by atoms with Gasteiger partial charge in [-0.1, -0.05) is 6.92 Å². The maximum absolute atomic E-state index is 14.5. The van der Waals surface area contributed by atoms with E-state index in [1.165, 1.54) is 17.1 Å². The lowest BCUT2D eigenvalue weighted by molar-refractivity contribution is -0.141. The molecule has 3 aromatic rings. The van der Waals surface area contributed by atoms with E-state index < -0.39 is 48.6 Å². The lowest BCUT2D eigenvalue weighted by Crippen LogP contribution is -2.55. The van der Waals surface area contributed by atoms with Crippen molar-refractivity contribution in [3.63, 3.8) is 0 Å². The van der Waals surface area contributed by atoms with Crippen molar-refractivity contribution in [1.82, 2.24) is 34.6 Å². The Morgan fingerprint density at radius 1 is 1.14 bits per heavy atom. The monoisotopic (exact) mass is 495 g/mol. The van der Waals surface area contributed by atoms with Crippen molar-refractivity contribution < 1.29 is 26.7 Å². The van der Waals surface area contributed by atoms with Gasteiger partial charge in [0, 0.05) is 44.3 Å². The van der Waals surface area contributed by atoms with Gasteiger partial charge in [0.15, 0.2) is 17.2 Å². The number of aromatic nitrogens is 6. The molecule has 4 rings (SSSR count). The Morgan fingerprint density at radius 2 is 1.86 bits per heavy atom. The molecule has 2 atom stereocenters. The maximum atomic E-state index is 14.5. The highest BCUT2D eigenvalue weighted by atomic mass is 19.4. The molecule has 8 nitrogen and oxygen atoms in total. The molecule has 1 fully saturated rings. The normalized spacial score (nSPS) is 20.1. The van der Waals surface area contributed by atoms with Crippen molar-refractivity contribution in [3.05, 3.63) is 54.1 Å². The van der Waals surface area contributed by atoms with Crippen LogP contribution in [0.15, 0.2) is 37.1 Å². The van der Waals surface area contributed by atoms with Crippen LogP contribution in [-0.2, 0) is 19.6 Å². The molecule has 186 valence electrons. The van der Waals surface area contributed by atoms with Gasteiger partial charge < -0.3 is 4.90 Å². The summed E-state index contributed by atoms with van der Waals surface area (Å²) in [4.78, 5) is 30.1. The van der Waals surface area contributed by atoms with Crippen molar-refractivity contribution in [2.45, 2.75) is 44.3 Å². The first kappa shape index (κ1) is 24.6. The van der Waals surface area contributed by atoms with Crippen LogP contribution in [0, 0.1) is 5.92 Å². The summed E-state index contributed by atoms with van der Waals surface area (Å²) in [5, 5.41) is 4.19. The summed E-state index contributed by atoms with van der Waals surface area (Å²) >= 11 is 0. The largest absolute Gasteiger partial charge is 0.434 e. The van der Waals surface area contributed by atoms with Crippen molar-refractivity contribution >= 4 is 5.91 Å². The summed E-state index contributed by atoms with van der Waals surface area (Å²) < 4.78 is 68.7. The van der Waals surface area contributed by atoms with Crippen LogP contribution in [0.4, 0.5) is 22.0 Å². The van der Waals surface area contributed by atoms with E-state index >= 15 is 0 Å². The van der Waals surface area contributed by atoms with E-state index in [0.717, 1.165) is 11.1 Å². The molecule has 0 N–H and O–H groups in total. The molecule has 0 aromatic carbocycles. The van der Waals surface area contributed by atoms with Crippen LogP contribution >= 0.6 is 0 Å². The standard InChI is InChI=1S/C22H22F5N7O/c1-13-8-21(23,24)12-34(16(13)5-4-14-9-31-17(10-30-14)22(25,26)27)20(35)18-15(11-33(2)32-18)19-28-6-3-7-29-19/h3,6-7,9-11,13,16H,4-5,8,12H2,1-2H3/t13-,16-/m1/s1. The van der Waals surface area contributed by atoms with Gasteiger partial charge >= 0.3 is 6.18 Å². The number of amides is 1. The second-order valence-electron chi connectivity index (χ2n) is 8.60. The van der Waals surface area contributed by atoms with Gasteiger partial charge in [0.1, 0.15) is 0 Å². The van der Waals surface area contributed by atoms with E-state index in [0.29, 0.717) is 11.8 Å². The highest BCUT2D eigenvalue weighted by Crippen LogP contribution is 2.37. The topological polar surface area (TPSA) is 89.7 Å². The number of rotatable bonds is 5. The molecule has 3 aromatic heterocycles. The molecule has 1 aliphatic heterocycles. The fourth-order valence-corrected chi connectivity index (χ4v) is 4.32. The van der Waals surface area contributed by atoms with Gasteiger partial charge in [-0.2, -0.15) is 18.3 Å². The number of carbonyl (C=O) groups excluding carboxylic acids is 1. The van der Waals surface area contributed by atoms with E-state index in [1.807, 2.05) is 0 Å². The van der Waals surface area contributed by atoms with Crippen LogP contribution in [0.1, 0.15) is 41.6 Å². The van der Waals surface area contributed by atoms with Gasteiger partial charge in [-0.15, -0.1) is 0 Å². The molecule has 35 heavy (non-hydrogen) atoms. The highest BCUT2D eigenvalue weighted by Gasteiger charge is 2.46. The Labute approximate surface area is 197 Å². The number of piperidine rings is 1. The predicted octanol–water partition coefficient (Wildman–Crippen LogP) is 3.80. The molecule has 0 saturated carbocycles. The van der Waals surface area contributed by atoms with E-state index in [-0.39, 0.29) is 30.1 Å². The van der Waals surface area contributed by atoms with E-state index in [2.05, 4.69) is 25.0 Å². The molecule has 0 bridgehead atoms.